The summed E-state index contributed by atoms with van der Waals surface area (Å²) in [4.78, 5) is 29.6. The highest BCUT2D eigenvalue weighted by Gasteiger charge is 2.16. The van der Waals surface area contributed by atoms with E-state index < -0.39 is 0 Å². The van der Waals surface area contributed by atoms with E-state index in [9.17, 15) is 9.59 Å². The molecule has 2 aromatic carbocycles. The molecule has 0 aliphatic carbocycles. The van der Waals surface area contributed by atoms with Gasteiger partial charge in [-0.1, -0.05) is 36.4 Å². The largest absolute Gasteiger partial charge is 0.334 e. The highest BCUT2D eigenvalue weighted by atomic mass is 16.2. The third-order valence-corrected chi connectivity index (χ3v) is 4.22. The molecule has 1 N–H and O–H groups in total. The van der Waals surface area contributed by atoms with Crippen molar-refractivity contribution in [3.8, 4) is 0 Å². The van der Waals surface area contributed by atoms with Gasteiger partial charge in [0.1, 0.15) is 0 Å². The second-order valence-corrected chi connectivity index (χ2v) is 5.85. The normalized spacial score (nSPS) is 10.8. The first-order valence-corrected chi connectivity index (χ1v) is 8.06. The number of pyridine rings is 1. The van der Waals surface area contributed by atoms with E-state index in [1.54, 1.807) is 17.0 Å². The Kier molecular flexibility index (Phi) is 4.47. The molecule has 0 aliphatic rings. The molecule has 24 heavy (non-hydrogen) atoms. The maximum Gasteiger partial charge on any atom is 0.254 e. The summed E-state index contributed by atoms with van der Waals surface area (Å²) in [5.41, 5.74) is 2.97. The molecule has 0 unspecified atom stereocenters. The van der Waals surface area contributed by atoms with E-state index >= 15 is 0 Å². The Balaban J connectivity index is 1.94. The van der Waals surface area contributed by atoms with Gasteiger partial charge in [0, 0.05) is 17.7 Å². The van der Waals surface area contributed by atoms with Gasteiger partial charge in [-0.2, -0.15) is 0 Å². The second kappa shape index (κ2) is 6.71. The Morgan fingerprint density at radius 3 is 2.54 bits per heavy atom. The first-order valence-electron chi connectivity index (χ1n) is 8.06. The van der Waals surface area contributed by atoms with Gasteiger partial charge in [-0.3, -0.25) is 9.59 Å². The number of aryl methyl sites for hydroxylation is 1. The SMILES string of the molecule is CCN(Cc1cc2cccc(C)c2[nH]c1=O)C(=O)c1ccccc1. The third-order valence-electron chi connectivity index (χ3n) is 4.22. The minimum atomic E-state index is -0.142. The number of nitrogens with zero attached hydrogens (tertiary/aromatic N) is 1. The highest BCUT2D eigenvalue weighted by molar-refractivity contribution is 5.94. The summed E-state index contributed by atoms with van der Waals surface area (Å²) in [6, 6.07) is 16.9. The summed E-state index contributed by atoms with van der Waals surface area (Å²) in [6.45, 7) is 4.72. The summed E-state index contributed by atoms with van der Waals surface area (Å²) < 4.78 is 0. The van der Waals surface area contributed by atoms with Gasteiger partial charge in [-0.15, -0.1) is 0 Å². The zero-order valence-corrected chi connectivity index (χ0v) is 13.9. The molecule has 3 rings (SSSR count). The Morgan fingerprint density at radius 2 is 1.83 bits per heavy atom. The zero-order valence-electron chi connectivity index (χ0n) is 13.9. The van der Waals surface area contributed by atoms with E-state index in [-0.39, 0.29) is 11.5 Å². The predicted molar refractivity (Wildman–Crippen MR) is 96.2 cm³/mol. The summed E-state index contributed by atoms with van der Waals surface area (Å²) in [5, 5.41) is 0.979. The molecule has 122 valence electrons. The lowest BCUT2D eigenvalue weighted by Crippen LogP contribution is -2.32. The fraction of sp³-hybridized carbons (Fsp3) is 0.200. The number of aromatic nitrogens is 1. The first-order chi connectivity index (χ1) is 11.6. The van der Waals surface area contributed by atoms with Crippen LogP contribution >= 0.6 is 0 Å². The van der Waals surface area contributed by atoms with Crippen LogP contribution in [0.5, 0.6) is 0 Å². The molecule has 0 aliphatic heterocycles. The monoisotopic (exact) mass is 320 g/mol. The molecular formula is C20H20N2O2. The molecule has 4 heteroatoms. The fourth-order valence-corrected chi connectivity index (χ4v) is 2.84. The molecule has 0 spiro atoms. The number of amides is 1. The molecule has 1 amide bonds. The molecule has 1 heterocycles. The van der Waals surface area contributed by atoms with Crippen molar-refractivity contribution >= 4 is 16.8 Å². The number of carbonyl (C=O) groups excluding carboxylic acids is 1. The number of hydrogen-bond donors (Lipinski definition) is 1. The highest BCUT2D eigenvalue weighted by Crippen LogP contribution is 2.16. The van der Waals surface area contributed by atoms with Crippen molar-refractivity contribution in [2.45, 2.75) is 20.4 Å². The second-order valence-electron chi connectivity index (χ2n) is 5.85. The van der Waals surface area contributed by atoms with Crippen molar-refractivity contribution in [3.63, 3.8) is 0 Å². The van der Waals surface area contributed by atoms with Gasteiger partial charge in [0.15, 0.2) is 0 Å². The number of para-hydroxylation sites is 1. The van der Waals surface area contributed by atoms with Gasteiger partial charge in [0.25, 0.3) is 11.5 Å². The third kappa shape index (κ3) is 3.08. The number of fused-ring (bicyclic) bond motifs is 1. The molecule has 0 atom stereocenters. The zero-order chi connectivity index (χ0) is 17.1. The number of aromatic amines is 1. The summed E-state index contributed by atoms with van der Waals surface area (Å²) >= 11 is 0. The van der Waals surface area contributed by atoms with Crippen LogP contribution in [0.4, 0.5) is 0 Å². The fourth-order valence-electron chi connectivity index (χ4n) is 2.84. The number of rotatable bonds is 4. The van der Waals surface area contributed by atoms with Crippen LogP contribution in [-0.2, 0) is 6.54 Å². The van der Waals surface area contributed by atoms with E-state index in [4.69, 9.17) is 0 Å². The van der Waals surface area contributed by atoms with E-state index in [1.807, 2.05) is 56.3 Å². The van der Waals surface area contributed by atoms with Crippen molar-refractivity contribution in [2.75, 3.05) is 6.54 Å². The van der Waals surface area contributed by atoms with Crippen LogP contribution in [0.2, 0.25) is 0 Å². The van der Waals surface area contributed by atoms with Crippen LogP contribution in [-0.4, -0.2) is 22.3 Å². The number of hydrogen-bond acceptors (Lipinski definition) is 2. The minimum Gasteiger partial charge on any atom is -0.334 e. The van der Waals surface area contributed by atoms with Crippen LogP contribution in [0.1, 0.15) is 28.4 Å². The van der Waals surface area contributed by atoms with Crippen molar-refractivity contribution in [3.05, 3.63) is 81.6 Å². The Labute approximate surface area is 140 Å². The Hall–Kier alpha value is -2.88. The number of benzene rings is 2. The summed E-state index contributed by atoms with van der Waals surface area (Å²) in [7, 11) is 0. The smallest absolute Gasteiger partial charge is 0.254 e. The summed E-state index contributed by atoms with van der Waals surface area (Å²) in [5.74, 6) is -0.0677. The van der Waals surface area contributed by atoms with Crippen LogP contribution in [0.15, 0.2) is 59.4 Å². The summed E-state index contributed by atoms with van der Waals surface area (Å²) in [6.07, 6.45) is 0. The van der Waals surface area contributed by atoms with E-state index in [2.05, 4.69) is 4.98 Å². The maximum atomic E-state index is 12.6. The molecule has 3 aromatic rings. The van der Waals surface area contributed by atoms with Crippen molar-refractivity contribution < 1.29 is 4.79 Å². The van der Waals surface area contributed by atoms with Gasteiger partial charge in [-0.05, 0) is 43.0 Å². The lowest BCUT2D eigenvalue weighted by Gasteiger charge is -2.21. The van der Waals surface area contributed by atoms with E-state index in [0.29, 0.717) is 24.2 Å². The van der Waals surface area contributed by atoms with Gasteiger partial charge in [0.2, 0.25) is 0 Å². The Morgan fingerprint density at radius 1 is 1.08 bits per heavy atom. The van der Waals surface area contributed by atoms with Crippen LogP contribution in [0, 0.1) is 6.92 Å². The van der Waals surface area contributed by atoms with Crippen molar-refractivity contribution in [1.29, 1.82) is 0 Å². The maximum absolute atomic E-state index is 12.6. The molecule has 0 bridgehead atoms. The topological polar surface area (TPSA) is 53.2 Å². The first kappa shape index (κ1) is 16.0. The lowest BCUT2D eigenvalue weighted by molar-refractivity contribution is 0.0752. The van der Waals surface area contributed by atoms with Crippen molar-refractivity contribution in [2.24, 2.45) is 0 Å². The molecular weight excluding hydrogens is 300 g/mol. The van der Waals surface area contributed by atoms with Crippen LogP contribution in [0.3, 0.4) is 0 Å². The van der Waals surface area contributed by atoms with E-state index in [1.165, 1.54) is 0 Å². The van der Waals surface area contributed by atoms with E-state index in [0.717, 1.165) is 16.5 Å². The number of nitrogens with one attached hydrogen (secondary N) is 1. The molecule has 0 saturated heterocycles. The number of carbonyl (C=O) groups is 1. The molecule has 0 radical (unpaired) electrons. The molecule has 0 saturated carbocycles. The molecule has 1 aromatic heterocycles. The quantitative estimate of drug-likeness (QED) is 0.800. The van der Waals surface area contributed by atoms with Gasteiger partial charge in [0.05, 0.1) is 12.1 Å². The van der Waals surface area contributed by atoms with Gasteiger partial charge < -0.3 is 9.88 Å². The van der Waals surface area contributed by atoms with Crippen LogP contribution < -0.4 is 5.56 Å². The van der Waals surface area contributed by atoms with Gasteiger partial charge in [-0.25, -0.2) is 0 Å². The van der Waals surface area contributed by atoms with Crippen molar-refractivity contribution in [1.82, 2.24) is 9.88 Å². The van der Waals surface area contributed by atoms with Gasteiger partial charge >= 0.3 is 0 Å². The standard InChI is InChI=1S/C20H20N2O2/c1-3-22(20(24)15-9-5-4-6-10-15)13-17-12-16-11-7-8-14(2)18(16)21-19(17)23/h4-12H,3,13H2,1-2H3,(H,21,23). The average molecular weight is 320 g/mol. The minimum absolute atomic E-state index is 0.0677. The average Bonchev–Trinajstić information content (AvgIpc) is 2.61. The Bertz CT molecular complexity index is 929. The molecule has 0 fully saturated rings. The number of H-pyrrole nitrogens is 1. The molecule has 4 nitrogen and oxygen atoms in total. The van der Waals surface area contributed by atoms with Crippen LogP contribution in [0.25, 0.3) is 10.9 Å². The predicted octanol–water partition coefficient (Wildman–Crippen LogP) is 3.50. The lowest BCUT2D eigenvalue weighted by atomic mass is 10.1.